The molecule has 0 aliphatic heterocycles. The molecule has 7 atom stereocenters. The Labute approximate surface area is 161 Å². The lowest BCUT2D eigenvalue weighted by molar-refractivity contribution is -0.149. The van der Waals surface area contributed by atoms with Crippen LogP contribution >= 0.6 is 11.6 Å². The molecule has 140 valence electrons. The van der Waals surface area contributed by atoms with E-state index in [0.29, 0.717) is 46.8 Å². The predicted octanol–water partition coefficient (Wildman–Crippen LogP) is 4.75. The molecule has 0 aromatic carbocycles. The summed E-state index contributed by atoms with van der Waals surface area (Å²) in [7, 11) is 0. The molecule has 4 heteroatoms. The van der Waals surface area contributed by atoms with Gasteiger partial charge in [0.2, 0.25) is 0 Å². The first kappa shape index (κ1) is 18.3. The van der Waals surface area contributed by atoms with Crippen LogP contribution in [0.3, 0.4) is 0 Å². The number of aliphatic hydroxyl groups is 1. The fraction of sp³-hybridized carbons (Fsp3) is 0.727. The Kier molecular flexibility index (Phi) is 4.36. The Morgan fingerprint density at radius 1 is 1.42 bits per heavy atom. The molecule has 0 amide bonds. The SMILES string of the molecule is C[C@@H]1CC2=CC(=O)CC[C@@H]2[C@H]2CC[C@@]3(C)[C@@H](CC=C(Cl)[C@@]3(O)CC#N)[C@@H]21. The summed E-state index contributed by atoms with van der Waals surface area (Å²) in [6, 6.07) is 2.18. The van der Waals surface area contributed by atoms with E-state index in [1.807, 2.05) is 12.2 Å². The second-order valence-electron chi connectivity index (χ2n) is 9.30. The van der Waals surface area contributed by atoms with E-state index in [1.54, 1.807) is 0 Å². The van der Waals surface area contributed by atoms with Crippen LogP contribution in [0.15, 0.2) is 22.8 Å². The van der Waals surface area contributed by atoms with Crippen LogP contribution in [-0.2, 0) is 4.79 Å². The molecule has 0 bridgehead atoms. The highest BCUT2D eigenvalue weighted by Gasteiger charge is 2.62. The van der Waals surface area contributed by atoms with Crippen molar-refractivity contribution in [3.8, 4) is 6.07 Å². The Morgan fingerprint density at radius 2 is 2.19 bits per heavy atom. The van der Waals surface area contributed by atoms with E-state index >= 15 is 0 Å². The number of carbonyl (C=O) groups excluding carboxylic acids is 1. The molecule has 0 saturated heterocycles. The van der Waals surface area contributed by atoms with Gasteiger partial charge in [-0.05, 0) is 67.8 Å². The number of hydrogen-bond donors (Lipinski definition) is 1. The molecule has 0 radical (unpaired) electrons. The van der Waals surface area contributed by atoms with Crippen LogP contribution < -0.4 is 0 Å². The van der Waals surface area contributed by atoms with Crippen LogP contribution in [0.4, 0.5) is 0 Å². The number of ketones is 1. The molecule has 1 N–H and O–H groups in total. The van der Waals surface area contributed by atoms with Gasteiger partial charge in [-0.15, -0.1) is 0 Å². The number of nitriles is 1. The molecular formula is C22H28ClNO2. The molecule has 0 unspecified atom stereocenters. The van der Waals surface area contributed by atoms with Crippen molar-refractivity contribution in [1.82, 2.24) is 0 Å². The standard InChI is InChI=1S/C22H28ClNO2/c1-13-11-14-12-15(25)3-4-16(14)17-7-8-21(2)18(20(13)17)5-6-19(23)22(21,26)9-10-24/h6,12-13,16-18,20,26H,3-5,7-9,11H2,1-2H3/t13-,16+,17-,18+,20-,21+,22+/m1/s1. The van der Waals surface area contributed by atoms with E-state index in [-0.39, 0.29) is 11.8 Å². The maximum atomic E-state index is 11.9. The van der Waals surface area contributed by atoms with Gasteiger partial charge in [0.15, 0.2) is 5.78 Å². The van der Waals surface area contributed by atoms with Gasteiger partial charge in [0.1, 0.15) is 5.60 Å². The Balaban J connectivity index is 1.73. The Hall–Kier alpha value is -1.11. The van der Waals surface area contributed by atoms with Crippen molar-refractivity contribution in [1.29, 1.82) is 5.26 Å². The minimum absolute atomic E-state index is 0.0597. The highest BCUT2D eigenvalue weighted by molar-refractivity contribution is 6.30. The molecule has 4 rings (SSSR count). The number of halogens is 1. The minimum atomic E-state index is -1.23. The summed E-state index contributed by atoms with van der Waals surface area (Å²) in [5.41, 5.74) is -0.207. The first-order chi connectivity index (χ1) is 12.3. The third-order valence-electron chi connectivity index (χ3n) is 8.26. The molecular weight excluding hydrogens is 346 g/mol. The van der Waals surface area contributed by atoms with Gasteiger partial charge in [0, 0.05) is 16.9 Å². The number of nitrogens with zero attached hydrogens (tertiary/aromatic N) is 1. The average molecular weight is 374 g/mol. The topological polar surface area (TPSA) is 61.1 Å². The number of fused-ring (bicyclic) bond motifs is 5. The molecule has 3 nitrogen and oxygen atoms in total. The fourth-order valence-electron chi connectivity index (χ4n) is 6.94. The van der Waals surface area contributed by atoms with Crippen molar-refractivity contribution in [3.05, 3.63) is 22.8 Å². The highest BCUT2D eigenvalue weighted by Crippen LogP contribution is 2.65. The molecule has 26 heavy (non-hydrogen) atoms. The largest absolute Gasteiger partial charge is 0.383 e. The summed E-state index contributed by atoms with van der Waals surface area (Å²) in [6.07, 6.45) is 9.46. The summed E-state index contributed by atoms with van der Waals surface area (Å²) in [5.74, 6) is 2.77. The van der Waals surface area contributed by atoms with Gasteiger partial charge in [-0.1, -0.05) is 37.1 Å². The first-order valence-electron chi connectivity index (χ1n) is 10.0. The molecule has 0 spiro atoms. The van der Waals surface area contributed by atoms with Crippen molar-refractivity contribution < 1.29 is 9.90 Å². The fourth-order valence-corrected chi connectivity index (χ4v) is 7.31. The minimum Gasteiger partial charge on any atom is -0.383 e. The van der Waals surface area contributed by atoms with Crippen LogP contribution in [0, 0.1) is 46.3 Å². The van der Waals surface area contributed by atoms with Crippen molar-refractivity contribution in [3.63, 3.8) is 0 Å². The summed E-state index contributed by atoms with van der Waals surface area (Å²) in [4.78, 5) is 11.9. The molecule has 0 heterocycles. The Morgan fingerprint density at radius 3 is 2.92 bits per heavy atom. The Bertz CT molecular complexity index is 735. The predicted molar refractivity (Wildman–Crippen MR) is 101 cm³/mol. The summed E-state index contributed by atoms with van der Waals surface area (Å²) < 4.78 is 0. The van der Waals surface area contributed by atoms with Gasteiger partial charge in [-0.2, -0.15) is 5.26 Å². The van der Waals surface area contributed by atoms with E-state index in [0.717, 1.165) is 32.1 Å². The molecule has 4 aliphatic carbocycles. The maximum absolute atomic E-state index is 11.9. The molecule has 2 fully saturated rings. The van der Waals surface area contributed by atoms with E-state index in [1.165, 1.54) is 5.57 Å². The molecule has 4 aliphatic rings. The molecule has 0 aromatic heterocycles. The van der Waals surface area contributed by atoms with Crippen LogP contribution in [0.5, 0.6) is 0 Å². The van der Waals surface area contributed by atoms with E-state index < -0.39 is 5.60 Å². The number of allylic oxidation sites excluding steroid dienone is 3. The van der Waals surface area contributed by atoms with Gasteiger partial charge in [0.25, 0.3) is 0 Å². The third kappa shape index (κ3) is 2.38. The third-order valence-corrected chi connectivity index (χ3v) is 8.72. The summed E-state index contributed by atoms with van der Waals surface area (Å²) >= 11 is 6.46. The average Bonchev–Trinajstić information content (AvgIpc) is 2.59. The second kappa shape index (κ2) is 6.21. The lowest BCUT2D eigenvalue weighted by Crippen LogP contribution is -2.60. The van der Waals surface area contributed by atoms with Crippen molar-refractivity contribution in [2.75, 3.05) is 0 Å². The zero-order chi connectivity index (χ0) is 18.7. The van der Waals surface area contributed by atoms with Crippen molar-refractivity contribution in [2.24, 2.45) is 35.0 Å². The van der Waals surface area contributed by atoms with E-state index in [2.05, 4.69) is 19.9 Å². The number of rotatable bonds is 1. The van der Waals surface area contributed by atoms with Crippen molar-refractivity contribution >= 4 is 17.4 Å². The van der Waals surface area contributed by atoms with Crippen molar-refractivity contribution in [2.45, 2.75) is 64.4 Å². The van der Waals surface area contributed by atoms with Crippen LogP contribution in [0.1, 0.15) is 58.8 Å². The highest BCUT2D eigenvalue weighted by atomic mass is 35.5. The van der Waals surface area contributed by atoms with Gasteiger partial charge in [0.05, 0.1) is 12.5 Å². The lowest BCUT2D eigenvalue weighted by Gasteiger charge is -2.62. The second-order valence-corrected chi connectivity index (χ2v) is 9.71. The number of hydrogen-bond acceptors (Lipinski definition) is 3. The zero-order valence-electron chi connectivity index (χ0n) is 15.7. The van der Waals surface area contributed by atoms with Gasteiger partial charge < -0.3 is 5.11 Å². The van der Waals surface area contributed by atoms with Crippen LogP contribution in [0.2, 0.25) is 0 Å². The number of carbonyl (C=O) groups is 1. The quantitative estimate of drug-likeness (QED) is 0.721. The van der Waals surface area contributed by atoms with E-state index in [4.69, 9.17) is 11.6 Å². The zero-order valence-corrected chi connectivity index (χ0v) is 16.4. The van der Waals surface area contributed by atoms with Gasteiger partial charge in [-0.25, -0.2) is 0 Å². The lowest BCUT2D eigenvalue weighted by atomic mass is 9.44. The summed E-state index contributed by atoms with van der Waals surface area (Å²) in [5, 5.41) is 21.3. The van der Waals surface area contributed by atoms with Crippen LogP contribution in [-0.4, -0.2) is 16.5 Å². The smallest absolute Gasteiger partial charge is 0.155 e. The maximum Gasteiger partial charge on any atom is 0.155 e. The monoisotopic (exact) mass is 373 g/mol. The van der Waals surface area contributed by atoms with Gasteiger partial charge >= 0.3 is 0 Å². The first-order valence-corrected chi connectivity index (χ1v) is 10.4. The molecule has 2 saturated carbocycles. The summed E-state index contributed by atoms with van der Waals surface area (Å²) in [6.45, 7) is 4.46. The normalized spacial score (nSPS) is 47.7. The van der Waals surface area contributed by atoms with Gasteiger partial charge in [-0.3, -0.25) is 4.79 Å². The molecule has 0 aromatic rings. The van der Waals surface area contributed by atoms with Crippen LogP contribution in [0.25, 0.3) is 0 Å². The van der Waals surface area contributed by atoms with E-state index in [9.17, 15) is 15.2 Å².